The third kappa shape index (κ3) is 2.47. The fourth-order valence-corrected chi connectivity index (χ4v) is 2.12. The van der Waals surface area contributed by atoms with Crippen LogP contribution in [0.4, 0.5) is 5.95 Å². The molecule has 98 valence electrons. The SMILES string of the molecule is Cc1ccc(CCN(C)c2nc3ccccc3[nH]2)o1. The zero-order valence-electron chi connectivity index (χ0n) is 11.2. The number of likely N-dealkylation sites (N-methyl/N-ethyl adjacent to an activating group) is 1. The van der Waals surface area contributed by atoms with Crippen LogP contribution >= 0.6 is 0 Å². The van der Waals surface area contributed by atoms with Crippen molar-refractivity contribution < 1.29 is 4.42 Å². The number of imidazole rings is 1. The molecule has 3 aromatic rings. The average molecular weight is 255 g/mol. The summed E-state index contributed by atoms with van der Waals surface area (Å²) < 4.78 is 5.57. The van der Waals surface area contributed by atoms with Gasteiger partial charge in [-0.3, -0.25) is 0 Å². The molecule has 2 aromatic heterocycles. The van der Waals surface area contributed by atoms with Gasteiger partial charge in [-0.1, -0.05) is 12.1 Å². The number of fused-ring (bicyclic) bond motifs is 1. The Kier molecular flexibility index (Phi) is 2.99. The third-order valence-electron chi connectivity index (χ3n) is 3.23. The number of aryl methyl sites for hydroxylation is 1. The molecule has 1 aromatic carbocycles. The monoisotopic (exact) mass is 255 g/mol. The summed E-state index contributed by atoms with van der Waals surface area (Å²) in [6.07, 6.45) is 0.876. The van der Waals surface area contributed by atoms with Gasteiger partial charge in [0, 0.05) is 20.0 Å². The van der Waals surface area contributed by atoms with Crippen LogP contribution in [0.5, 0.6) is 0 Å². The van der Waals surface area contributed by atoms with Crippen molar-refractivity contribution in [2.24, 2.45) is 0 Å². The van der Waals surface area contributed by atoms with Crippen molar-refractivity contribution in [2.45, 2.75) is 13.3 Å². The van der Waals surface area contributed by atoms with Crippen LogP contribution in [0, 0.1) is 6.92 Å². The van der Waals surface area contributed by atoms with Crippen molar-refractivity contribution in [3.63, 3.8) is 0 Å². The average Bonchev–Trinajstić information content (AvgIpc) is 3.01. The van der Waals surface area contributed by atoms with E-state index < -0.39 is 0 Å². The summed E-state index contributed by atoms with van der Waals surface area (Å²) in [7, 11) is 2.04. The normalized spacial score (nSPS) is 11.1. The molecule has 1 N–H and O–H groups in total. The van der Waals surface area contributed by atoms with Crippen molar-refractivity contribution in [1.29, 1.82) is 0 Å². The van der Waals surface area contributed by atoms with E-state index in [9.17, 15) is 0 Å². The minimum absolute atomic E-state index is 0.868. The first-order valence-electron chi connectivity index (χ1n) is 6.43. The molecule has 0 radical (unpaired) electrons. The number of nitrogens with zero attached hydrogens (tertiary/aromatic N) is 2. The Morgan fingerprint density at radius 2 is 2.05 bits per heavy atom. The molecule has 4 nitrogen and oxygen atoms in total. The van der Waals surface area contributed by atoms with E-state index in [0.717, 1.165) is 41.5 Å². The molecule has 2 heterocycles. The molecule has 0 bridgehead atoms. The van der Waals surface area contributed by atoms with E-state index in [2.05, 4.69) is 14.9 Å². The van der Waals surface area contributed by atoms with Crippen LogP contribution in [-0.4, -0.2) is 23.6 Å². The standard InChI is InChI=1S/C15H17N3O/c1-11-7-8-12(19-11)9-10-18(2)15-16-13-5-3-4-6-14(13)17-15/h3-8H,9-10H2,1-2H3,(H,16,17). The summed E-state index contributed by atoms with van der Waals surface area (Å²) in [4.78, 5) is 10.00. The fourth-order valence-electron chi connectivity index (χ4n) is 2.12. The number of aromatic amines is 1. The molecule has 0 saturated carbocycles. The predicted octanol–water partition coefficient (Wildman–Crippen LogP) is 3.14. The van der Waals surface area contributed by atoms with Gasteiger partial charge < -0.3 is 14.3 Å². The van der Waals surface area contributed by atoms with E-state index in [0.29, 0.717) is 0 Å². The summed E-state index contributed by atoms with van der Waals surface area (Å²) in [5.41, 5.74) is 2.07. The van der Waals surface area contributed by atoms with Crippen LogP contribution in [0.15, 0.2) is 40.8 Å². The van der Waals surface area contributed by atoms with Crippen molar-refractivity contribution in [1.82, 2.24) is 9.97 Å². The van der Waals surface area contributed by atoms with Crippen LogP contribution in [0.2, 0.25) is 0 Å². The highest BCUT2D eigenvalue weighted by atomic mass is 16.3. The smallest absolute Gasteiger partial charge is 0.203 e. The van der Waals surface area contributed by atoms with Crippen molar-refractivity contribution in [3.8, 4) is 0 Å². The topological polar surface area (TPSA) is 45.1 Å². The maximum absolute atomic E-state index is 5.57. The lowest BCUT2D eigenvalue weighted by Crippen LogP contribution is -2.21. The molecule has 0 fully saturated rings. The van der Waals surface area contributed by atoms with Crippen molar-refractivity contribution in [3.05, 3.63) is 47.9 Å². The van der Waals surface area contributed by atoms with Crippen LogP contribution in [-0.2, 0) is 6.42 Å². The Hall–Kier alpha value is -2.23. The Labute approximate surface area is 112 Å². The fraction of sp³-hybridized carbons (Fsp3) is 0.267. The number of aromatic nitrogens is 2. The molecule has 0 spiro atoms. The summed E-state index contributed by atoms with van der Waals surface area (Å²) in [6, 6.07) is 12.1. The molecular weight excluding hydrogens is 238 g/mol. The largest absolute Gasteiger partial charge is 0.466 e. The predicted molar refractivity (Wildman–Crippen MR) is 76.5 cm³/mol. The van der Waals surface area contributed by atoms with Gasteiger partial charge in [0.05, 0.1) is 11.0 Å². The molecule has 0 saturated heterocycles. The Morgan fingerprint density at radius 1 is 1.21 bits per heavy atom. The van der Waals surface area contributed by atoms with Crippen molar-refractivity contribution in [2.75, 3.05) is 18.5 Å². The van der Waals surface area contributed by atoms with Gasteiger partial charge in [-0.25, -0.2) is 4.98 Å². The minimum Gasteiger partial charge on any atom is -0.466 e. The van der Waals surface area contributed by atoms with Gasteiger partial charge >= 0.3 is 0 Å². The lowest BCUT2D eigenvalue weighted by molar-refractivity contribution is 0.483. The number of anilines is 1. The molecular formula is C15H17N3O. The van der Waals surface area contributed by atoms with Crippen LogP contribution in [0.25, 0.3) is 11.0 Å². The second-order valence-electron chi connectivity index (χ2n) is 4.76. The lowest BCUT2D eigenvalue weighted by atomic mass is 10.3. The first-order valence-corrected chi connectivity index (χ1v) is 6.43. The van der Waals surface area contributed by atoms with Gasteiger partial charge in [0.2, 0.25) is 5.95 Å². The Morgan fingerprint density at radius 3 is 2.79 bits per heavy atom. The van der Waals surface area contributed by atoms with Gasteiger partial charge in [-0.05, 0) is 31.2 Å². The van der Waals surface area contributed by atoms with E-state index in [1.54, 1.807) is 0 Å². The number of furan rings is 1. The second kappa shape index (κ2) is 4.80. The molecule has 4 heteroatoms. The van der Waals surface area contributed by atoms with E-state index >= 15 is 0 Å². The highest BCUT2D eigenvalue weighted by Crippen LogP contribution is 2.16. The number of hydrogen-bond acceptors (Lipinski definition) is 3. The molecule has 0 atom stereocenters. The number of benzene rings is 1. The number of para-hydroxylation sites is 2. The first kappa shape index (κ1) is 11.8. The van der Waals surface area contributed by atoms with Gasteiger partial charge in [-0.15, -0.1) is 0 Å². The highest BCUT2D eigenvalue weighted by Gasteiger charge is 2.08. The van der Waals surface area contributed by atoms with Crippen LogP contribution < -0.4 is 4.90 Å². The number of nitrogens with one attached hydrogen (secondary N) is 1. The lowest BCUT2D eigenvalue weighted by Gasteiger charge is -2.14. The summed E-state index contributed by atoms with van der Waals surface area (Å²) in [5, 5.41) is 0. The molecule has 3 rings (SSSR count). The Bertz CT molecular complexity index is 650. The van der Waals surface area contributed by atoms with Gasteiger partial charge in [0.1, 0.15) is 11.5 Å². The second-order valence-corrected chi connectivity index (χ2v) is 4.76. The number of rotatable bonds is 4. The molecule has 0 aliphatic rings. The summed E-state index contributed by atoms with van der Waals surface area (Å²) >= 11 is 0. The number of hydrogen-bond donors (Lipinski definition) is 1. The summed E-state index contributed by atoms with van der Waals surface area (Å²) in [5.74, 6) is 2.87. The first-order chi connectivity index (χ1) is 9.22. The molecule has 19 heavy (non-hydrogen) atoms. The highest BCUT2D eigenvalue weighted by molar-refractivity contribution is 5.77. The van der Waals surface area contributed by atoms with Gasteiger partial charge in [0.15, 0.2) is 0 Å². The van der Waals surface area contributed by atoms with Crippen LogP contribution in [0.3, 0.4) is 0 Å². The quantitative estimate of drug-likeness (QED) is 0.779. The van der Waals surface area contributed by atoms with E-state index in [1.165, 1.54) is 0 Å². The van der Waals surface area contributed by atoms with Gasteiger partial charge in [-0.2, -0.15) is 0 Å². The zero-order chi connectivity index (χ0) is 13.2. The van der Waals surface area contributed by atoms with Gasteiger partial charge in [0.25, 0.3) is 0 Å². The summed E-state index contributed by atoms with van der Waals surface area (Å²) in [6.45, 7) is 2.83. The number of H-pyrrole nitrogens is 1. The molecule has 0 unspecified atom stereocenters. The van der Waals surface area contributed by atoms with Crippen molar-refractivity contribution >= 4 is 17.0 Å². The Balaban J connectivity index is 1.71. The zero-order valence-corrected chi connectivity index (χ0v) is 11.2. The van der Waals surface area contributed by atoms with E-state index in [4.69, 9.17) is 4.42 Å². The van der Waals surface area contributed by atoms with Crippen LogP contribution in [0.1, 0.15) is 11.5 Å². The molecule has 0 aliphatic carbocycles. The van der Waals surface area contributed by atoms with E-state index in [1.807, 2.05) is 50.4 Å². The van der Waals surface area contributed by atoms with E-state index in [-0.39, 0.29) is 0 Å². The maximum atomic E-state index is 5.57. The molecule has 0 amide bonds. The molecule has 0 aliphatic heterocycles. The maximum Gasteiger partial charge on any atom is 0.203 e. The third-order valence-corrected chi connectivity index (χ3v) is 3.23. The minimum atomic E-state index is 0.868.